The van der Waals surface area contributed by atoms with Crippen molar-refractivity contribution in [3.8, 4) is 0 Å². The van der Waals surface area contributed by atoms with Gasteiger partial charge in [0, 0.05) is 5.02 Å². The van der Waals surface area contributed by atoms with Crippen LogP contribution in [0.3, 0.4) is 0 Å². The lowest BCUT2D eigenvalue weighted by molar-refractivity contribution is -0.139. The van der Waals surface area contributed by atoms with Crippen LogP contribution in [0.15, 0.2) is 18.2 Å². The molecule has 1 aromatic rings. The van der Waals surface area contributed by atoms with Gasteiger partial charge in [-0.3, -0.25) is 4.79 Å². The van der Waals surface area contributed by atoms with Crippen LogP contribution in [0.2, 0.25) is 5.02 Å². The first-order valence-corrected chi connectivity index (χ1v) is 6.54. The number of benzene rings is 1. The molecular weight excluding hydrogens is 287 g/mol. The van der Waals surface area contributed by atoms with Crippen molar-refractivity contribution < 1.29 is 19.1 Å². The molecule has 0 bridgehead atoms. The number of rotatable bonds is 4. The molecular formula is C13H14ClFN2O3. The standard InChI is InChI=1S/C13H14ClFN2O3/c14-8-2-3-9(15)10(6-8)16-12(20)17-13(4-1-5-13)7-11(18)19/h2-3,6H,1,4-5,7H2,(H,18,19)(H2,16,17,20). The quantitative estimate of drug-likeness (QED) is 0.800. The van der Waals surface area contributed by atoms with Crippen molar-refractivity contribution in [2.24, 2.45) is 0 Å². The van der Waals surface area contributed by atoms with Crippen LogP contribution in [0, 0.1) is 5.82 Å². The Morgan fingerprint density at radius 3 is 2.65 bits per heavy atom. The minimum atomic E-state index is -0.973. The van der Waals surface area contributed by atoms with E-state index in [9.17, 15) is 14.0 Å². The lowest BCUT2D eigenvalue weighted by Gasteiger charge is -2.41. The van der Waals surface area contributed by atoms with Crippen molar-refractivity contribution in [1.29, 1.82) is 0 Å². The molecule has 0 heterocycles. The number of urea groups is 1. The summed E-state index contributed by atoms with van der Waals surface area (Å²) in [5.41, 5.74) is -0.773. The van der Waals surface area contributed by atoms with Gasteiger partial charge in [0.2, 0.25) is 0 Å². The topological polar surface area (TPSA) is 78.4 Å². The fourth-order valence-electron chi connectivity index (χ4n) is 2.23. The van der Waals surface area contributed by atoms with Crippen LogP contribution in [-0.4, -0.2) is 22.6 Å². The average Bonchev–Trinajstić information content (AvgIpc) is 2.30. The number of carbonyl (C=O) groups excluding carboxylic acids is 1. The molecule has 7 heteroatoms. The molecule has 20 heavy (non-hydrogen) atoms. The second-order valence-electron chi connectivity index (χ2n) is 4.91. The number of anilines is 1. The molecule has 2 amide bonds. The monoisotopic (exact) mass is 300 g/mol. The van der Waals surface area contributed by atoms with Crippen LogP contribution in [0.4, 0.5) is 14.9 Å². The third-order valence-corrected chi connectivity index (χ3v) is 3.59. The van der Waals surface area contributed by atoms with Gasteiger partial charge in [0.05, 0.1) is 17.6 Å². The molecule has 0 atom stereocenters. The molecule has 2 rings (SSSR count). The number of carboxylic acid groups (broad SMARTS) is 1. The minimum Gasteiger partial charge on any atom is -0.481 e. The fraction of sp³-hybridized carbons (Fsp3) is 0.385. The normalized spacial score (nSPS) is 16.1. The van der Waals surface area contributed by atoms with Crippen molar-refractivity contribution >= 4 is 29.3 Å². The van der Waals surface area contributed by atoms with Crippen LogP contribution < -0.4 is 10.6 Å². The van der Waals surface area contributed by atoms with Crippen LogP contribution in [0.25, 0.3) is 0 Å². The highest BCUT2D eigenvalue weighted by atomic mass is 35.5. The van der Waals surface area contributed by atoms with E-state index < -0.39 is 23.4 Å². The van der Waals surface area contributed by atoms with E-state index in [0.717, 1.165) is 12.5 Å². The zero-order valence-electron chi connectivity index (χ0n) is 10.6. The van der Waals surface area contributed by atoms with Gasteiger partial charge in [-0.25, -0.2) is 9.18 Å². The molecule has 0 saturated heterocycles. The van der Waals surface area contributed by atoms with Gasteiger partial charge < -0.3 is 15.7 Å². The van der Waals surface area contributed by atoms with Gasteiger partial charge in [0.25, 0.3) is 0 Å². The molecule has 0 radical (unpaired) electrons. The van der Waals surface area contributed by atoms with E-state index in [1.54, 1.807) is 0 Å². The second kappa shape index (κ2) is 5.66. The fourth-order valence-corrected chi connectivity index (χ4v) is 2.40. The lowest BCUT2D eigenvalue weighted by atomic mass is 9.74. The highest BCUT2D eigenvalue weighted by Crippen LogP contribution is 2.35. The number of amides is 2. The first-order valence-electron chi connectivity index (χ1n) is 6.16. The number of halogens is 2. The van der Waals surface area contributed by atoms with E-state index in [2.05, 4.69) is 10.6 Å². The molecule has 1 fully saturated rings. The summed E-state index contributed by atoms with van der Waals surface area (Å²) in [6.07, 6.45) is 1.92. The van der Waals surface area contributed by atoms with Gasteiger partial charge in [-0.2, -0.15) is 0 Å². The Balaban J connectivity index is 2.01. The van der Waals surface area contributed by atoms with Crippen molar-refractivity contribution in [1.82, 2.24) is 5.32 Å². The summed E-state index contributed by atoms with van der Waals surface area (Å²) in [5, 5.41) is 14.1. The third kappa shape index (κ3) is 3.39. The molecule has 0 unspecified atom stereocenters. The summed E-state index contributed by atoms with van der Waals surface area (Å²) < 4.78 is 13.5. The van der Waals surface area contributed by atoms with Gasteiger partial charge in [0.15, 0.2) is 0 Å². The van der Waals surface area contributed by atoms with E-state index in [1.165, 1.54) is 12.1 Å². The summed E-state index contributed by atoms with van der Waals surface area (Å²) in [6, 6.07) is 3.18. The smallest absolute Gasteiger partial charge is 0.319 e. The largest absolute Gasteiger partial charge is 0.481 e. The molecule has 5 nitrogen and oxygen atoms in total. The van der Waals surface area contributed by atoms with Crippen molar-refractivity contribution in [2.75, 3.05) is 5.32 Å². The van der Waals surface area contributed by atoms with Crippen molar-refractivity contribution in [3.63, 3.8) is 0 Å². The van der Waals surface area contributed by atoms with Crippen LogP contribution in [0.5, 0.6) is 0 Å². The summed E-state index contributed by atoms with van der Waals surface area (Å²) in [5.74, 6) is -1.58. The third-order valence-electron chi connectivity index (χ3n) is 3.36. The highest BCUT2D eigenvalue weighted by molar-refractivity contribution is 6.30. The Morgan fingerprint density at radius 1 is 1.40 bits per heavy atom. The van der Waals surface area contributed by atoms with Gasteiger partial charge in [-0.1, -0.05) is 11.6 Å². The Labute approximate surface area is 120 Å². The number of hydrogen-bond acceptors (Lipinski definition) is 2. The van der Waals surface area contributed by atoms with Crippen molar-refractivity contribution in [2.45, 2.75) is 31.2 Å². The first-order chi connectivity index (χ1) is 9.40. The number of nitrogens with one attached hydrogen (secondary N) is 2. The number of aliphatic carboxylic acids is 1. The maximum absolute atomic E-state index is 13.5. The Hall–Kier alpha value is -1.82. The maximum atomic E-state index is 13.5. The van der Waals surface area contributed by atoms with E-state index in [1.807, 2.05) is 0 Å². The van der Waals surface area contributed by atoms with Crippen LogP contribution in [-0.2, 0) is 4.79 Å². The first kappa shape index (κ1) is 14.6. The molecule has 1 aromatic carbocycles. The Morgan fingerprint density at radius 2 is 2.10 bits per heavy atom. The second-order valence-corrected chi connectivity index (χ2v) is 5.34. The average molecular weight is 301 g/mol. The van der Waals surface area contributed by atoms with E-state index in [0.29, 0.717) is 17.9 Å². The molecule has 1 saturated carbocycles. The summed E-state index contributed by atoms with van der Waals surface area (Å²) >= 11 is 5.72. The zero-order valence-corrected chi connectivity index (χ0v) is 11.3. The highest BCUT2D eigenvalue weighted by Gasteiger charge is 2.40. The van der Waals surface area contributed by atoms with E-state index in [-0.39, 0.29) is 12.1 Å². The van der Waals surface area contributed by atoms with Gasteiger partial charge in [-0.15, -0.1) is 0 Å². The molecule has 0 spiro atoms. The molecule has 3 N–H and O–H groups in total. The Bertz CT molecular complexity index is 546. The zero-order chi connectivity index (χ0) is 14.8. The molecule has 108 valence electrons. The number of hydrogen-bond donors (Lipinski definition) is 3. The lowest BCUT2D eigenvalue weighted by Crippen LogP contribution is -2.55. The van der Waals surface area contributed by atoms with Crippen LogP contribution >= 0.6 is 11.6 Å². The molecule has 0 aromatic heterocycles. The molecule has 1 aliphatic rings. The predicted octanol–water partition coefficient (Wildman–Crippen LogP) is 3.00. The van der Waals surface area contributed by atoms with Crippen LogP contribution in [0.1, 0.15) is 25.7 Å². The maximum Gasteiger partial charge on any atom is 0.319 e. The van der Waals surface area contributed by atoms with Gasteiger partial charge >= 0.3 is 12.0 Å². The predicted molar refractivity (Wildman–Crippen MR) is 72.4 cm³/mol. The number of carboxylic acids is 1. The van der Waals surface area contributed by atoms with Gasteiger partial charge in [-0.05, 0) is 37.5 Å². The summed E-state index contributed by atoms with van der Waals surface area (Å²) in [4.78, 5) is 22.6. The minimum absolute atomic E-state index is 0.0419. The Kier molecular flexibility index (Phi) is 4.13. The number of carbonyl (C=O) groups is 2. The summed E-state index contributed by atoms with van der Waals surface area (Å²) in [6.45, 7) is 0. The summed E-state index contributed by atoms with van der Waals surface area (Å²) in [7, 11) is 0. The van der Waals surface area contributed by atoms with Gasteiger partial charge in [0.1, 0.15) is 5.82 Å². The van der Waals surface area contributed by atoms with E-state index >= 15 is 0 Å². The molecule has 0 aliphatic heterocycles. The molecule has 1 aliphatic carbocycles. The van der Waals surface area contributed by atoms with E-state index in [4.69, 9.17) is 16.7 Å². The van der Waals surface area contributed by atoms with Crippen molar-refractivity contribution in [3.05, 3.63) is 29.0 Å². The SMILES string of the molecule is O=C(O)CC1(NC(=O)Nc2cc(Cl)ccc2F)CCC1.